The van der Waals surface area contributed by atoms with Crippen LogP contribution in [0, 0.1) is 0 Å². The predicted octanol–water partition coefficient (Wildman–Crippen LogP) is 4.04. The highest BCUT2D eigenvalue weighted by Gasteiger charge is 2.05. The molecule has 0 aliphatic heterocycles. The van der Waals surface area contributed by atoms with Gasteiger partial charge < -0.3 is 5.32 Å². The molecule has 21 heavy (non-hydrogen) atoms. The SMILES string of the molecule is CNC(C)Cc1ccc(Cc2nc3ccccc3s2)cc1. The Morgan fingerprint density at radius 1 is 1.05 bits per heavy atom. The summed E-state index contributed by atoms with van der Waals surface area (Å²) in [5.41, 5.74) is 3.82. The van der Waals surface area contributed by atoms with Crippen molar-refractivity contribution in [2.24, 2.45) is 0 Å². The zero-order chi connectivity index (χ0) is 14.7. The zero-order valence-corrected chi connectivity index (χ0v) is 13.3. The molecule has 0 radical (unpaired) electrons. The highest BCUT2D eigenvalue weighted by molar-refractivity contribution is 7.18. The van der Waals surface area contributed by atoms with Crippen LogP contribution in [0.5, 0.6) is 0 Å². The number of nitrogens with one attached hydrogen (secondary N) is 1. The molecule has 2 aromatic carbocycles. The molecule has 0 saturated carbocycles. The molecule has 3 rings (SSSR count). The summed E-state index contributed by atoms with van der Waals surface area (Å²) in [6.07, 6.45) is 1.99. The van der Waals surface area contributed by atoms with Crippen LogP contribution in [0.15, 0.2) is 48.5 Å². The summed E-state index contributed by atoms with van der Waals surface area (Å²) in [7, 11) is 2.01. The molecule has 1 unspecified atom stereocenters. The van der Waals surface area contributed by atoms with Gasteiger partial charge in [-0.05, 0) is 43.7 Å². The van der Waals surface area contributed by atoms with E-state index in [0.717, 1.165) is 18.4 Å². The van der Waals surface area contributed by atoms with Crippen LogP contribution in [0.3, 0.4) is 0 Å². The first-order valence-corrected chi connectivity index (χ1v) is 8.16. The second-order valence-corrected chi connectivity index (χ2v) is 6.58. The second-order valence-electron chi connectivity index (χ2n) is 5.46. The third kappa shape index (κ3) is 3.49. The standard InChI is InChI=1S/C18H20N2S/c1-13(19-2)11-14-7-9-15(10-8-14)12-18-20-16-5-3-4-6-17(16)21-18/h3-10,13,19H,11-12H2,1-2H3. The molecule has 0 spiro atoms. The summed E-state index contributed by atoms with van der Waals surface area (Å²) in [5, 5.41) is 4.46. The highest BCUT2D eigenvalue weighted by Crippen LogP contribution is 2.23. The van der Waals surface area contributed by atoms with Gasteiger partial charge in [-0.3, -0.25) is 0 Å². The molecule has 0 amide bonds. The average Bonchev–Trinajstić information content (AvgIpc) is 2.91. The molecule has 1 aromatic heterocycles. The molecule has 0 saturated heterocycles. The summed E-state index contributed by atoms with van der Waals surface area (Å²) in [4.78, 5) is 4.70. The summed E-state index contributed by atoms with van der Waals surface area (Å²) in [6, 6.07) is 17.8. The van der Waals surface area contributed by atoms with Gasteiger partial charge in [-0.2, -0.15) is 0 Å². The van der Waals surface area contributed by atoms with Gasteiger partial charge in [-0.1, -0.05) is 36.4 Å². The lowest BCUT2D eigenvalue weighted by molar-refractivity contribution is 0.608. The van der Waals surface area contributed by atoms with E-state index in [0.29, 0.717) is 6.04 Å². The van der Waals surface area contributed by atoms with Gasteiger partial charge in [0.25, 0.3) is 0 Å². The van der Waals surface area contributed by atoms with Crippen molar-refractivity contribution < 1.29 is 0 Å². The Balaban J connectivity index is 1.72. The fourth-order valence-corrected chi connectivity index (χ4v) is 3.42. The Morgan fingerprint density at radius 3 is 2.48 bits per heavy atom. The van der Waals surface area contributed by atoms with Crippen molar-refractivity contribution in [2.45, 2.75) is 25.8 Å². The van der Waals surface area contributed by atoms with Crippen molar-refractivity contribution in [3.05, 3.63) is 64.7 Å². The lowest BCUT2D eigenvalue weighted by Gasteiger charge is -2.10. The number of benzene rings is 2. The molecule has 3 aromatic rings. The van der Waals surface area contributed by atoms with Gasteiger partial charge >= 0.3 is 0 Å². The van der Waals surface area contributed by atoms with Crippen molar-refractivity contribution >= 4 is 21.6 Å². The second kappa shape index (κ2) is 6.37. The number of hydrogen-bond acceptors (Lipinski definition) is 3. The highest BCUT2D eigenvalue weighted by atomic mass is 32.1. The van der Waals surface area contributed by atoms with Crippen LogP contribution in [0.1, 0.15) is 23.1 Å². The Hall–Kier alpha value is -1.71. The van der Waals surface area contributed by atoms with Gasteiger partial charge in [-0.15, -0.1) is 11.3 Å². The number of fused-ring (bicyclic) bond motifs is 1. The van der Waals surface area contributed by atoms with E-state index in [4.69, 9.17) is 4.98 Å². The van der Waals surface area contributed by atoms with Crippen molar-refractivity contribution in [3.8, 4) is 0 Å². The quantitative estimate of drug-likeness (QED) is 0.768. The van der Waals surface area contributed by atoms with E-state index >= 15 is 0 Å². The Morgan fingerprint density at radius 2 is 1.76 bits per heavy atom. The van der Waals surface area contributed by atoms with Crippen LogP contribution in [0.2, 0.25) is 0 Å². The summed E-state index contributed by atoms with van der Waals surface area (Å²) in [5.74, 6) is 0. The van der Waals surface area contributed by atoms with Crippen molar-refractivity contribution in [1.29, 1.82) is 0 Å². The maximum absolute atomic E-state index is 4.70. The number of likely N-dealkylation sites (N-methyl/N-ethyl adjacent to an activating group) is 1. The molecule has 108 valence electrons. The van der Waals surface area contributed by atoms with Gasteiger partial charge in [0.2, 0.25) is 0 Å². The molecule has 2 nitrogen and oxygen atoms in total. The topological polar surface area (TPSA) is 24.9 Å². The smallest absolute Gasteiger partial charge is 0.0982 e. The van der Waals surface area contributed by atoms with Gasteiger partial charge in [-0.25, -0.2) is 4.98 Å². The van der Waals surface area contributed by atoms with Crippen LogP contribution in [0.4, 0.5) is 0 Å². The molecule has 0 aliphatic rings. The molecular formula is C18H20N2S. The fourth-order valence-electron chi connectivity index (χ4n) is 2.42. The van der Waals surface area contributed by atoms with E-state index in [2.05, 4.69) is 54.7 Å². The van der Waals surface area contributed by atoms with E-state index in [-0.39, 0.29) is 0 Å². The summed E-state index contributed by atoms with van der Waals surface area (Å²) in [6.45, 7) is 2.20. The molecule has 0 bridgehead atoms. The summed E-state index contributed by atoms with van der Waals surface area (Å²) < 4.78 is 1.27. The first-order valence-electron chi connectivity index (χ1n) is 7.34. The molecule has 0 aliphatic carbocycles. The van der Waals surface area contributed by atoms with E-state index in [1.54, 1.807) is 11.3 Å². The number of hydrogen-bond donors (Lipinski definition) is 1. The average molecular weight is 296 g/mol. The van der Waals surface area contributed by atoms with E-state index in [9.17, 15) is 0 Å². The van der Waals surface area contributed by atoms with Gasteiger partial charge in [0.05, 0.1) is 15.2 Å². The van der Waals surface area contributed by atoms with Crippen LogP contribution in [-0.2, 0) is 12.8 Å². The molecule has 1 heterocycles. The number of para-hydroxylation sites is 1. The third-order valence-corrected chi connectivity index (χ3v) is 4.79. The number of aromatic nitrogens is 1. The molecule has 1 atom stereocenters. The Bertz CT molecular complexity index is 682. The lowest BCUT2D eigenvalue weighted by Crippen LogP contribution is -2.23. The molecule has 1 N–H and O–H groups in total. The predicted molar refractivity (Wildman–Crippen MR) is 91.1 cm³/mol. The van der Waals surface area contributed by atoms with Crippen LogP contribution < -0.4 is 5.32 Å². The monoisotopic (exact) mass is 296 g/mol. The largest absolute Gasteiger partial charge is 0.317 e. The minimum atomic E-state index is 0.514. The van der Waals surface area contributed by atoms with Crippen molar-refractivity contribution in [3.63, 3.8) is 0 Å². The Labute approximate surface area is 129 Å². The van der Waals surface area contributed by atoms with Gasteiger partial charge in [0.15, 0.2) is 0 Å². The van der Waals surface area contributed by atoms with Crippen molar-refractivity contribution in [2.75, 3.05) is 7.05 Å². The first-order chi connectivity index (χ1) is 10.2. The molecule has 3 heteroatoms. The summed E-state index contributed by atoms with van der Waals surface area (Å²) >= 11 is 1.79. The maximum Gasteiger partial charge on any atom is 0.0982 e. The van der Waals surface area contributed by atoms with Crippen LogP contribution in [0.25, 0.3) is 10.2 Å². The lowest BCUT2D eigenvalue weighted by atomic mass is 10.0. The zero-order valence-electron chi connectivity index (χ0n) is 12.5. The normalized spacial score (nSPS) is 12.7. The Kier molecular flexibility index (Phi) is 4.32. The number of rotatable bonds is 5. The van der Waals surface area contributed by atoms with Crippen LogP contribution >= 0.6 is 11.3 Å². The molecular weight excluding hydrogens is 276 g/mol. The van der Waals surface area contributed by atoms with E-state index in [1.165, 1.54) is 20.8 Å². The first kappa shape index (κ1) is 14.2. The third-order valence-electron chi connectivity index (χ3n) is 3.75. The van der Waals surface area contributed by atoms with Crippen molar-refractivity contribution in [1.82, 2.24) is 10.3 Å². The minimum absolute atomic E-state index is 0.514. The van der Waals surface area contributed by atoms with Gasteiger partial charge in [0, 0.05) is 12.5 Å². The van der Waals surface area contributed by atoms with E-state index < -0.39 is 0 Å². The minimum Gasteiger partial charge on any atom is -0.317 e. The number of nitrogens with zero attached hydrogens (tertiary/aromatic N) is 1. The van der Waals surface area contributed by atoms with Crippen LogP contribution in [-0.4, -0.2) is 18.1 Å². The fraction of sp³-hybridized carbons (Fsp3) is 0.278. The molecule has 0 fully saturated rings. The maximum atomic E-state index is 4.70. The number of thiazole rings is 1. The van der Waals surface area contributed by atoms with Gasteiger partial charge in [0.1, 0.15) is 0 Å². The van der Waals surface area contributed by atoms with E-state index in [1.807, 2.05) is 13.1 Å².